The molecule has 0 radical (unpaired) electrons. The number of pyridine rings is 1. The number of urea groups is 1. The highest BCUT2D eigenvalue weighted by molar-refractivity contribution is 7.07. The molecule has 0 aromatic carbocycles. The lowest BCUT2D eigenvalue weighted by Crippen LogP contribution is -2.43. The number of hydrogen-bond acceptors (Lipinski definition) is 5. The molecule has 0 spiro atoms. The van der Waals surface area contributed by atoms with Crippen LogP contribution in [0.4, 0.5) is 23.8 Å². The van der Waals surface area contributed by atoms with Gasteiger partial charge in [0.05, 0.1) is 11.6 Å². The van der Waals surface area contributed by atoms with Gasteiger partial charge in [0.15, 0.2) is 0 Å². The molecule has 0 aliphatic rings. The summed E-state index contributed by atoms with van der Waals surface area (Å²) in [6.07, 6.45) is -3.20. The predicted octanol–water partition coefficient (Wildman–Crippen LogP) is 3.96. The lowest BCUT2D eigenvalue weighted by atomic mass is 10.1. The molecule has 0 saturated carbocycles. The zero-order valence-corrected chi connectivity index (χ0v) is 17.2. The van der Waals surface area contributed by atoms with Gasteiger partial charge in [-0.1, -0.05) is 13.8 Å². The Labute approximate surface area is 172 Å². The minimum atomic E-state index is -4.48. The van der Waals surface area contributed by atoms with E-state index in [1.165, 1.54) is 12.3 Å². The Morgan fingerprint density at radius 2 is 1.97 bits per heavy atom. The van der Waals surface area contributed by atoms with Gasteiger partial charge in [-0.3, -0.25) is 4.90 Å². The van der Waals surface area contributed by atoms with Crippen molar-refractivity contribution in [1.82, 2.24) is 20.5 Å². The number of rotatable bonds is 10. The molecule has 2 aromatic rings. The molecule has 0 fully saturated rings. The van der Waals surface area contributed by atoms with Crippen molar-refractivity contribution in [3.05, 3.63) is 46.3 Å². The average molecular weight is 430 g/mol. The molecule has 6 nitrogen and oxygen atoms in total. The Hall–Kier alpha value is -2.33. The van der Waals surface area contributed by atoms with Crippen LogP contribution in [0.1, 0.15) is 31.0 Å². The second-order valence-electron chi connectivity index (χ2n) is 6.25. The number of nitrogens with zero attached hydrogens (tertiary/aromatic N) is 2. The molecule has 2 aromatic heterocycles. The van der Waals surface area contributed by atoms with E-state index in [2.05, 4.69) is 45.1 Å². The van der Waals surface area contributed by atoms with Gasteiger partial charge in [0, 0.05) is 25.8 Å². The predicted molar refractivity (Wildman–Crippen MR) is 109 cm³/mol. The van der Waals surface area contributed by atoms with Crippen LogP contribution in [0.3, 0.4) is 0 Å². The number of aromatic nitrogens is 1. The largest absolute Gasteiger partial charge is 0.419 e. The van der Waals surface area contributed by atoms with Gasteiger partial charge in [-0.2, -0.15) is 24.5 Å². The SMILES string of the molecule is CCN(CC)C(CNC(=O)NCCNc1ncccc1C(F)(F)F)c1ccsc1. The van der Waals surface area contributed by atoms with Gasteiger partial charge in [-0.15, -0.1) is 0 Å². The van der Waals surface area contributed by atoms with Gasteiger partial charge in [-0.25, -0.2) is 9.78 Å². The van der Waals surface area contributed by atoms with E-state index >= 15 is 0 Å². The molecule has 10 heteroatoms. The summed E-state index contributed by atoms with van der Waals surface area (Å²) in [7, 11) is 0. The fraction of sp³-hybridized carbons (Fsp3) is 0.474. The first-order chi connectivity index (χ1) is 13.9. The summed E-state index contributed by atoms with van der Waals surface area (Å²) >= 11 is 1.61. The number of carbonyl (C=O) groups excluding carboxylic acids is 1. The fourth-order valence-electron chi connectivity index (χ4n) is 2.97. The lowest BCUT2D eigenvalue weighted by Gasteiger charge is -2.29. The van der Waals surface area contributed by atoms with E-state index in [-0.39, 0.29) is 31.0 Å². The number of thiophene rings is 1. The summed E-state index contributed by atoms with van der Waals surface area (Å²) in [5.74, 6) is -0.249. The summed E-state index contributed by atoms with van der Waals surface area (Å²) in [6, 6.07) is 3.95. The number of likely N-dealkylation sites (N-methyl/N-ethyl adjacent to an activating group) is 1. The van der Waals surface area contributed by atoms with Gasteiger partial charge in [-0.05, 0) is 47.6 Å². The summed E-state index contributed by atoms with van der Waals surface area (Å²) in [5, 5.41) is 12.2. The first kappa shape index (κ1) is 23.0. The van der Waals surface area contributed by atoms with Crippen molar-refractivity contribution < 1.29 is 18.0 Å². The summed E-state index contributed by atoms with van der Waals surface area (Å²) in [5.41, 5.74) is 0.317. The van der Waals surface area contributed by atoms with Crippen molar-refractivity contribution in [3.63, 3.8) is 0 Å². The molecule has 0 aliphatic heterocycles. The topological polar surface area (TPSA) is 69.3 Å². The average Bonchev–Trinajstić information content (AvgIpc) is 3.22. The number of amides is 2. The molecule has 1 atom stereocenters. The van der Waals surface area contributed by atoms with Crippen LogP contribution in [0.5, 0.6) is 0 Å². The zero-order valence-electron chi connectivity index (χ0n) is 16.4. The standard InChI is InChI=1S/C19H26F3N5OS/c1-3-27(4-2)16(14-7-11-29-13-14)12-26-18(28)25-10-9-24-17-15(19(20,21)22)6-5-8-23-17/h5-8,11,13,16H,3-4,9-10,12H2,1-2H3,(H,23,24)(H2,25,26,28). The first-order valence-corrected chi connectivity index (χ1v) is 10.3. The van der Waals surface area contributed by atoms with Gasteiger partial charge >= 0.3 is 12.2 Å². The Morgan fingerprint density at radius 1 is 1.21 bits per heavy atom. The molecule has 0 bridgehead atoms. The third-order valence-corrected chi connectivity index (χ3v) is 5.15. The second-order valence-corrected chi connectivity index (χ2v) is 7.03. The molecule has 160 valence electrons. The molecule has 3 N–H and O–H groups in total. The van der Waals surface area contributed by atoms with Crippen LogP contribution >= 0.6 is 11.3 Å². The highest BCUT2D eigenvalue weighted by Crippen LogP contribution is 2.33. The molecule has 2 amide bonds. The van der Waals surface area contributed by atoms with Gasteiger partial charge in [0.1, 0.15) is 5.82 Å². The molecule has 1 unspecified atom stereocenters. The quantitative estimate of drug-likeness (QED) is 0.500. The van der Waals surface area contributed by atoms with Crippen LogP contribution in [-0.2, 0) is 6.18 Å². The van der Waals surface area contributed by atoms with Crippen LogP contribution in [0.15, 0.2) is 35.2 Å². The Balaban J connectivity index is 1.80. The van der Waals surface area contributed by atoms with Crippen LogP contribution in [0, 0.1) is 0 Å². The number of nitrogens with one attached hydrogen (secondary N) is 3. The molecular weight excluding hydrogens is 403 g/mol. The maximum Gasteiger partial charge on any atom is 0.419 e. The van der Waals surface area contributed by atoms with E-state index in [0.717, 1.165) is 24.7 Å². The third kappa shape index (κ3) is 6.90. The number of hydrogen-bond donors (Lipinski definition) is 3. The Bertz CT molecular complexity index is 751. The number of carbonyl (C=O) groups is 1. The highest BCUT2D eigenvalue weighted by Gasteiger charge is 2.33. The van der Waals surface area contributed by atoms with Crippen LogP contribution < -0.4 is 16.0 Å². The molecule has 0 saturated heterocycles. The molecular formula is C19H26F3N5OS. The van der Waals surface area contributed by atoms with Gasteiger partial charge < -0.3 is 16.0 Å². The maximum absolute atomic E-state index is 12.9. The lowest BCUT2D eigenvalue weighted by molar-refractivity contribution is -0.137. The minimum absolute atomic E-state index is 0.0722. The normalized spacial score (nSPS) is 12.6. The van der Waals surface area contributed by atoms with Crippen molar-refractivity contribution in [3.8, 4) is 0 Å². The minimum Gasteiger partial charge on any atom is -0.368 e. The van der Waals surface area contributed by atoms with Crippen molar-refractivity contribution in [1.29, 1.82) is 0 Å². The summed E-state index contributed by atoms with van der Waals surface area (Å²) in [6.45, 7) is 6.58. The van der Waals surface area contributed by atoms with E-state index in [9.17, 15) is 18.0 Å². The Kier molecular flexibility index (Phi) is 8.71. The van der Waals surface area contributed by atoms with Crippen LogP contribution in [-0.4, -0.2) is 48.6 Å². The number of anilines is 1. The van der Waals surface area contributed by atoms with E-state index in [1.54, 1.807) is 11.3 Å². The molecule has 2 heterocycles. The second kappa shape index (κ2) is 11.0. The number of halogens is 3. The molecule has 2 rings (SSSR count). The van der Waals surface area contributed by atoms with Crippen LogP contribution in [0.2, 0.25) is 0 Å². The third-order valence-electron chi connectivity index (χ3n) is 4.45. The highest BCUT2D eigenvalue weighted by atomic mass is 32.1. The monoisotopic (exact) mass is 429 g/mol. The van der Waals surface area contributed by atoms with E-state index in [4.69, 9.17) is 0 Å². The fourth-order valence-corrected chi connectivity index (χ4v) is 3.68. The summed E-state index contributed by atoms with van der Waals surface area (Å²) in [4.78, 5) is 18.1. The van der Waals surface area contributed by atoms with E-state index < -0.39 is 11.7 Å². The van der Waals surface area contributed by atoms with E-state index in [0.29, 0.717) is 6.54 Å². The molecule has 0 aliphatic carbocycles. The van der Waals surface area contributed by atoms with Gasteiger partial charge in [0.25, 0.3) is 0 Å². The molecule has 29 heavy (non-hydrogen) atoms. The van der Waals surface area contributed by atoms with Crippen LogP contribution in [0.25, 0.3) is 0 Å². The van der Waals surface area contributed by atoms with Crippen molar-refractivity contribution >= 4 is 23.2 Å². The maximum atomic E-state index is 12.9. The Morgan fingerprint density at radius 3 is 2.59 bits per heavy atom. The van der Waals surface area contributed by atoms with Gasteiger partial charge in [0.2, 0.25) is 0 Å². The number of alkyl halides is 3. The van der Waals surface area contributed by atoms with Crippen molar-refractivity contribution in [2.45, 2.75) is 26.1 Å². The first-order valence-electron chi connectivity index (χ1n) is 9.40. The summed E-state index contributed by atoms with van der Waals surface area (Å²) < 4.78 is 38.8. The van der Waals surface area contributed by atoms with Crippen molar-refractivity contribution in [2.75, 3.05) is 38.0 Å². The smallest absolute Gasteiger partial charge is 0.368 e. The van der Waals surface area contributed by atoms with E-state index in [1.807, 2.05) is 11.4 Å². The van der Waals surface area contributed by atoms with Crippen molar-refractivity contribution in [2.24, 2.45) is 0 Å². The zero-order chi connectivity index (χ0) is 21.3.